The van der Waals surface area contributed by atoms with Gasteiger partial charge in [0.15, 0.2) is 0 Å². The van der Waals surface area contributed by atoms with Crippen molar-refractivity contribution in [3.63, 3.8) is 0 Å². The lowest BCUT2D eigenvalue weighted by molar-refractivity contribution is -0.142. The quantitative estimate of drug-likeness (QED) is 0.790. The van der Waals surface area contributed by atoms with Gasteiger partial charge in [0.25, 0.3) is 0 Å². The van der Waals surface area contributed by atoms with Gasteiger partial charge in [0.2, 0.25) is 5.91 Å². The van der Waals surface area contributed by atoms with Gasteiger partial charge in [0.1, 0.15) is 0 Å². The molecule has 94 valence electrons. The first kappa shape index (κ1) is 12.9. The van der Waals surface area contributed by atoms with E-state index in [9.17, 15) is 4.79 Å². The van der Waals surface area contributed by atoms with E-state index in [0.29, 0.717) is 25.4 Å². The average molecular weight is 274 g/mol. The number of rotatable bonds is 3. The summed E-state index contributed by atoms with van der Waals surface area (Å²) in [7, 11) is 0. The summed E-state index contributed by atoms with van der Waals surface area (Å²) in [5.74, 6) is 0.602. The molecule has 5 heteroatoms. The molecule has 1 saturated heterocycles. The highest BCUT2D eigenvalue weighted by Crippen LogP contribution is 2.16. The summed E-state index contributed by atoms with van der Waals surface area (Å²) in [6.45, 7) is 3.25. The fourth-order valence-corrected chi connectivity index (χ4v) is 2.87. The molecule has 1 aromatic rings. The Morgan fingerprint density at radius 2 is 2.47 bits per heavy atom. The second-order valence-corrected chi connectivity index (χ2v) is 5.62. The molecule has 2 rings (SSSR count). The molecular formula is C12H16ClNO2S. The van der Waals surface area contributed by atoms with Crippen LogP contribution in [0.1, 0.15) is 11.8 Å². The summed E-state index contributed by atoms with van der Waals surface area (Å²) in [4.78, 5) is 15.1. The Kier molecular flexibility index (Phi) is 4.42. The summed E-state index contributed by atoms with van der Waals surface area (Å²) >= 11 is 7.42. The van der Waals surface area contributed by atoms with Gasteiger partial charge in [-0.25, -0.2) is 0 Å². The number of amides is 1. The van der Waals surface area contributed by atoms with Gasteiger partial charge in [-0.05, 0) is 18.4 Å². The standard InChI is InChI=1S/C12H16ClNO2S/c1-9-7-14(8-10(6-13)16-9)12(15)5-11-3-2-4-17-11/h2-4,9-10H,5-8H2,1H3. The van der Waals surface area contributed by atoms with Crippen molar-refractivity contribution in [1.29, 1.82) is 0 Å². The largest absolute Gasteiger partial charge is 0.370 e. The minimum Gasteiger partial charge on any atom is -0.370 e. The van der Waals surface area contributed by atoms with Crippen molar-refractivity contribution >= 4 is 28.8 Å². The van der Waals surface area contributed by atoms with Crippen LogP contribution in [0.15, 0.2) is 17.5 Å². The van der Waals surface area contributed by atoms with Crippen LogP contribution in [0.5, 0.6) is 0 Å². The summed E-state index contributed by atoms with van der Waals surface area (Å²) in [6, 6.07) is 3.96. The molecule has 0 bridgehead atoms. The number of carbonyl (C=O) groups excluding carboxylic acids is 1. The first-order valence-electron chi connectivity index (χ1n) is 5.70. The molecule has 0 aromatic carbocycles. The SMILES string of the molecule is CC1CN(C(=O)Cc2cccs2)CC(CCl)O1. The van der Waals surface area contributed by atoms with Gasteiger partial charge >= 0.3 is 0 Å². The summed E-state index contributed by atoms with van der Waals surface area (Å²) in [6.07, 6.45) is 0.520. The third-order valence-corrected chi connectivity index (χ3v) is 3.98. The minimum atomic E-state index is -0.0345. The van der Waals surface area contributed by atoms with Gasteiger partial charge < -0.3 is 9.64 Å². The molecule has 0 aliphatic carbocycles. The van der Waals surface area contributed by atoms with Crippen molar-refractivity contribution in [2.75, 3.05) is 19.0 Å². The van der Waals surface area contributed by atoms with Crippen LogP contribution >= 0.6 is 22.9 Å². The number of carbonyl (C=O) groups is 1. The van der Waals surface area contributed by atoms with Crippen LogP contribution in [-0.2, 0) is 16.0 Å². The Morgan fingerprint density at radius 1 is 1.65 bits per heavy atom. The molecule has 1 aromatic heterocycles. The van der Waals surface area contributed by atoms with Gasteiger partial charge in [-0.3, -0.25) is 4.79 Å². The summed E-state index contributed by atoms with van der Waals surface area (Å²) < 4.78 is 5.63. The number of halogens is 1. The summed E-state index contributed by atoms with van der Waals surface area (Å²) in [5.41, 5.74) is 0. The maximum absolute atomic E-state index is 12.1. The monoisotopic (exact) mass is 273 g/mol. The maximum atomic E-state index is 12.1. The average Bonchev–Trinajstić information content (AvgIpc) is 2.81. The number of hydrogen-bond donors (Lipinski definition) is 0. The van der Waals surface area contributed by atoms with E-state index in [4.69, 9.17) is 16.3 Å². The van der Waals surface area contributed by atoms with E-state index in [2.05, 4.69) is 0 Å². The van der Waals surface area contributed by atoms with E-state index in [1.54, 1.807) is 11.3 Å². The van der Waals surface area contributed by atoms with Crippen LogP contribution in [-0.4, -0.2) is 42.0 Å². The van der Waals surface area contributed by atoms with Crippen molar-refractivity contribution in [2.45, 2.75) is 25.6 Å². The van der Waals surface area contributed by atoms with E-state index in [-0.39, 0.29) is 18.1 Å². The number of thiophene rings is 1. The Labute approximate surface area is 110 Å². The first-order valence-corrected chi connectivity index (χ1v) is 7.12. The lowest BCUT2D eigenvalue weighted by Gasteiger charge is -2.36. The lowest BCUT2D eigenvalue weighted by atomic mass is 10.2. The molecule has 2 unspecified atom stereocenters. The summed E-state index contributed by atoms with van der Waals surface area (Å²) in [5, 5.41) is 1.99. The molecule has 1 aliphatic rings. The number of alkyl halides is 1. The van der Waals surface area contributed by atoms with Crippen LogP contribution in [0.25, 0.3) is 0 Å². The van der Waals surface area contributed by atoms with Crippen LogP contribution in [0.2, 0.25) is 0 Å². The zero-order valence-electron chi connectivity index (χ0n) is 9.77. The fourth-order valence-electron chi connectivity index (χ4n) is 2.01. The highest BCUT2D eigenvalue weighted by Gasteiger charge is 2.27. The molecule has 1 aliphatic heterocycles. The molecule has 0 N–H and O–H groups in total. The zero-order chi connectivity index (χ0) is 12.3. The van der Waals surface area contributed by atoms with Crippen molar-refractivity contribution in [3.05, 3.63) is 22.4 Å². The zero-order valence-corrected chi connectivity index (χ0v) is 11.3. The Balaban J connectivity index is 1.94. The van der Waals surface area contributed by atoms with E-state index in [0.717, 1.165) is 4.88 Å². The smallest absolute Gasteiger partial charge is 0.228 e. The van der Waals surface area contributed by atoms with Crippen molar-refractivity contribution in [3.8, 4) is 0 Å². The minimum absolute atomic E-state index is 0.0345. The second-order valence-electron chi connectivity index (χ2n) is 4.28. The number of ether oxygens (including phenoxy) is 1. The molecule has 2 atom stereocenters. The number of hydrogen-bond acceptors (Lipinski definition) is 3. The third-order valence-electron chi connectivity index (χ3n) is 2.76. The Morgan fingerprint density at radius 3 is 3.12 bits per heavy atom. The lowest BCUT2D eigenvalue weighted by Crippen LogP contribution is -2.50. The molecule has 0 saturated carbocycles. The Bertz CT molecular complexity index is 369. The molecule has 0 radical (unpaired) electrons. The van der Waals surface area contributed by atoms with Gasteiger partial charge in [-0.2, -0.15) is 0 Å². The van der Waals surface area contributed by atoms with E-state index in [1.165, 1.54) is 0 Å². The fraction of sp³-hybridized carbons (Fsp3) is 0.583. The van der Waals surface area contributed by atoms with Crippen LogP contribution in [0, 0.1) is 0 Å². The number of morpholine rings is 1. The first-order chi connectivity index (χ1) is 8.19. The highest BCUT2D eigenvalue weighted by atomic mass is 35.5. The van der Waals surface area contributed by atoms with Crippen LogP contribution in [0.3, 0.4) is 0 Å². The molecular weight excluding hydrogens is 258 g/mol. The molecule has 2 heterocycles. The molecule has 1 amide bonds. The maximum Gasteiger partial charge on any atom is 0.228 e. The second kappa shape index (κ2) is 5.85. The predicted molar refractivity (Wildman–Crippen MR) is 69.7 cm³/mol. The molecule has 17 heavy (non-hydrogen) atoms. The van der Waals surface area contributed by atoms with E-state index < -0.39 is 0 Å². The predicted octanol–water partition coefficient (Wildman–Crippen LogP) is 2.15. The molecule has 3 nitrogen and oxygen atoms in total. The van der Waals surface area contributed by atoms with Crippen LogP contribution in [0.4, 0.5) is 0 Å². The molecule has 0 spiro atoms. The normalized spacial score (nSPS) is 24.9. The van der Waals surface area contributed by atoms with Gasteiger partial charge in [-0.15, -0.1) is 22.9 Å². The van der Waals surface area contributed by atoms with E-state index in [1.807, 2.05) is 29.3 Å². The highest BCUT2D eigenvalue weighted by molar-refractivity contribution is 7.10. The van der Waals surface area contributed by atoms with Gasteiger partial charge in [-0.1, -0.05) is 6.07 Å². The number of nitrogens with zero attached hydrogens (tertiary/aromatic N) is 1. The van der Waals surface area contributed by atoms with Crippen molar-refractivity contribution in [2.24, 2.45) is 0 Å². The van der Waals surface area contributed by atoms with Crippen LogP contribution < -0.4 is 0 Å². The Hall–Kier alpha value is -0.580. The van der Waals surface area contributed by atoms with Crippen molar-refractivity contribution in [1.82, 2.24) is 4.90 Å². The van der Waals surface area contributed by atoms with E-state index >= 15 is 0 Å². The third kappa shape index (κ3) is 3.44. The van der Waals surface area contributed by atoms with Gasteiger partial charge in [0, 0.05) is 18.0 Å². The van der Waals surface area contributed by atoms with Gasteiger partial charge in [0.05, 0.1) is 24.5 Å². The topological polar surface area (TPSA) is 29.5 Å². The van der Waals surface area contributed by atoms with Crippen molar-refractivity contribution < 1.29 is 9.53 Å². The molecule has 1 fully saturated rings.